The van der Waals surface area contributed by atoms with Crippen LogP contribution in [0.2, 0.25) is 0 Å². The lowest BCUT2D eigenvalue weighted by atomic mass is 10.1. The van der Waals surface area contributed by atoms with E-state index in [0.29, 0.717) is 17.9 Å². The lowest BCUT2D eigenvalue weighted by Crippen LogP contribution is -1.97. The maximum Gasteiger partial charge on any atom is 0.231 e. The molecular weight excluding hydrogens is 200 g/mol. The fraction of sp³-hybridized carbons (Fsp3) is 0.400. The number of aliphatic hydroxyl groups excluding tert-OH is 1. The molecule has 4 heteroatoms. The van der Waals surface area contributed by atoms with Crippen LogP contribution in [0.4, 0.5) is 0 Å². The van der Waals surface area contributed by atoms with Crippen LogP contribution in [0.25, 0.3) is 0 Å². The largest absolute Gasteiger partial charge is 0.454 e. The van der Waals surface area contributed by atoms with Gasteiger partial charge in [0, 0.05) is 0 Å². The fourth-order valence-electron chi connectivity index (χ4n) is 1.41. The molecule has 0 saturated heterocycles. The van der Waals surface area contributed by atoms with E-state index >= 15 is 0 Å². The van der Waals surface area contributed by atoms with E-state index in [9.17, 15) is 5.11 Å². The van der Waals surface area contributed by atoms with Crippen molar-refractivity contribution in [2.75, 3.05) is 12.5 Å². The number of aliphatic hydroxyl groups is 1. The second-order valence-corrected chi connectivity index (χ2v) is 3.59. The van der Waals surface area contributed by atoms with Gasteiger partial charge in [0.15, 0.2) is 11.5 Å². The number of hydrogen-bond donors (Lipinski definition) is 2. The van der Waals surface area contributed by atoms with Crippen LogP contribution in [-0.4, -0.2) is 17.7 Å². The minimum Gasteiger partial charge on any atom is -0.454 e. The molecule has 0 amide bonds. The molecule has 1 aromatic rings. The molecule has 0 saturated carbocycles. The van der Waals surface area contributed by atoms with E-state index in [4.69, 9.17) is 9.47 Å². The highest BCUT2D eigenvalue weighted by Gasteiger charge is 2.15. The van der Waals surface area contributed by atoms with Gasteiger partial charge in [0.1, 0.15) is 0 Å². The predicted octanol–water partition coefficient (Wildman–Crippen LogP) is 1.77. The highest BCUT2D eigenvalue weighted by molar-refractivity contribution is 7.80. The first kappa shape index (κ1) is 9.68. The van der Waals surface area contributed by atoms with Gasteiger partial charge >= 0.3 is 0 Å². The summed E-state index contributed by atoms with van der Waals surface area (Å²) in [6.07, 6.45) is 0.171. The lowest BCUT2D eigenvalue weighted by molar-refractivity contribution is 0.170. The van der Waals surface area contributed by atoms with Crippen molar-refractivity contribution in [3.8, 4) is 11.5 Å². The summed E-state index contributed by atoms with van der Waals surface area (Å²) in [4.78, 5) is 0. The second-order valence-electron chi connectivity index (χ2n) is 3.14. The van der Waals surface area contributed by atoms with Crippen molar-refractivity contribution in [1.29, 1.82) is 0 Å². The third kappa shape index (κ3) is 1.81. The summed E-state index contributed by atoms with van der Waals surface area (Å²) < 4.78 is 10.4. The molecule has 0 aliphatic carbocycles. The Hall–Kier alpha value is -0.870. The smallest absolute Gasteiger partial charge is 0.231 e. The Labute approximate surface area is 88.1 Å². The molecule has 1 heterocycles. The van der Waals surface area contributed by atoms with E-state index in [-0.39, 0.29) is 6.79 Å². The van der Waals surface area contributed by atoms with E-state index in [1.165, 1.54) is 0 Å². The van der Waals surface area contributed by atoms with Crippen molar-refractivity contribution in [2.45, 2.75) is 12.5 Å². The van der Waals surface area contributed by atoms with Crippen LogP contribution in [-0.2, 0) is 0 Å². The van der Waals surface area contributed by atoms with Gasteiger partial charge in [-0.3, -0.25) is 0 Å². The summed E-state index contributed by atoms with van der Waals surface area (Å²) in [5.74, 6) is 2.11. The average molecular weight is 212 g/mol. The molecule has 1 aliphatic heterocycles. The molecule has 14 heavy (non-hydrogen) atoms. The van der Waals surface area contributed by atoms with Crippen molar-refractivity contribution in [3.05, 3.63) is 23.8 Å². The number of rotatable bonds is 3. The quantitative estimate of drug-likeness (QED) is 0.750. The van der Waals surface area contributed by atoms with Crippen LogP contribution in [0.1, 0.15) is 18.1 Å². The van der Waals surface area contributed by atoms with Crippen molar-refractivity contribution in [2.24, 2.45) is 0 Å². The summed E-state index contributed by atoms with van der Waals surface area (Å²) in [6.45, 7) is 0.265. The van der Waals surface area contributed by atoms with Gasteiger partial charge in [-0.15, -0.1) is 0 Å². The Morgan fingerprint density at radius 2 is 2.14 bits per heavy atom. The van der Waals surface area contributed by atoms with Gasteiger partial charge in [-0.2, -0.15) is 12.6 Å². The fourth-order valence-corrected chi connectivity index (χ4v) is 1.65. The summed E-state index contributed by atoms with van der Waals surface area (Å²) in [5.41, 5.74) is 0.850. The SMILES string of the molecule is OC(CCS)c1ccc2c(c1)OCO2. The first-order chi connectivity index (χ1) is 6.81. The van der Waals surface area contributed by atoms with E-state index < -0.39 is 6.10 Å². The summed E-state index contributed by atoms with van der Waals surface area (Å²) in [6, 6.07) is 5.48. The van der Waals surface area contributed by atoms with Gasteiger partial charge in [0.05, 0.1) is 6.10 Å². The molecule has 3 nitrogen and oxygen atoms in total. The molecule has 0 aromatic heterocycles. The number of fused-ring (bicyclic) bond motifs is 1. The highest BCUT2D eigenvalue weighted by atomic mass is 32.1. The summed E-state index contributed by atoms with van der Waals surface area (Å²) >= 11 is 4.08. The molecular formula is C10H12O3S. The van der Waals surface area contributed by atoms with Crippen LogP contribution in [0, 0.1) is 0 Å². The van der Waals surface area contributed by atoms with Gasteiger partial charge in [-0.1, -0.05) is 6.07 Å². The Morgan fingerprint density at radius 3 is 2.93 bits per heavy atom. The maximum atomic E-state index is 9.71. The van der Waals surface area contributed by atoms with Crippen molar-refractivity contribution < 1.29 is 14.6 Å². The molecule has 0 fully saturated rings. The molecule has 1 aromatic carbocycles. The number of benzene rings is 1. The third-order valence-corrected chi connectivity index (χ3v) is 2.44. The van der Waals surface area contributed by atoms with Gasteiger partial charge in [-0.25, -0.2) is 0 Å². The number of thiol groups is 1. The molecule has 1 N–H and O–H groups in total. The van der Waals surface area contributed by atoms with E-state index in [2.05, 4.69) is 12.6 Å². The van der Waals surface area contributed by atoms with Gasteiger partial charge in [0.2, 0.25) is 6.79 Å². The van der Waals surface area contributed by atoms with Crippen molar-refractivity contribution in [1.82, 2.24) is 0 Å². The minimum absolute atomic E-state index is 0.265. The van der Waals surface area contributed by atoms with Crippen LogP contribution in [0.15, 0.2) is 18.2 Å². The first-order valence-electron chi connectivity index (χ1n) is 4.49. The predicted molar refractivity (Wildman–Crippen MR) is 56.0 cm³/mol. The van der Waals surface area contributed by atoms with Crippen LogP contribution >= 0.6 is 12.6 Å². The average Bonchev–Trinajstić information content (AvgIpc) is 2.64. The van der Waals surface area contributed by atoms with Gasteiger partial charge in [0.25, 0.3) is 0 Å². The van der Waals surface area contributed by atoms with Crippen LogP contribution in [0.5, 0.6) is 11.5 Å². The first-order valence-corrected chi connectivity index (χ1v) is 5.13. The minimum atomic E-state index is -0.470. The molecule has 76 valence electrons. The molecule has 1 unspecified atom stereocenters. The van der Waals surface area contributed by atoms with Gasteiger partial charge < -0.3 is 14.6 Å². The normalized spacial score (nSPS) is 15.6. The van der Waals surface area contributed by atoms with E-state index in [0.717, 1.165) is 11.3 Å². The number of hydrogen-bond acceptors (Lipinski definition) is 4. The molecule has 1 atom stereocenters. The van der Waals surface area contributed by atoms with Crippen LogP contribution in [0.3, 0.4) is 0 Å². The molecule has 0 bridgehead atoms. The summed E-state index contributed by atoms with van der Waals surface area (Å²) in [7, 11) is 0. The third-order valence-electron chi connectivity index (χ3n) is 2.18. The van der Waals surface area contributed by atoms with Crippen molar-refractivity contribution in [3.63, 3.8) is 0 Å². The molecule has 0 radical (unpaired) electrons. The zero-order chi connectivity index (χ0) is 9.97. The second kappa shape index (κ2) is 4.11. The molecule has 2 rings (SSSR count). The molecule has 1 aliphatic rings. The Bertz CT molecular complexity index is 327. The zero-order valence-electron chi connectivity index (χ0n) is 7.64. The molecule has 0 spiro atoms. The topological polar surface area (TPSA) is 38.7 Å². The standard InChI is InChI=1S/C10H12O3S/c11-8(3-4-14)7-1-2-9-10(5-7)13-6-12-9/h1-2,5,8,11,14H,3-4,6H2. The van der Waals surface area contributed by atoms with Crippen molar-refractivity contribution >= 4 is 12.6 Å². The Morgan fingerprint density at radius 1 is 1.36 bits per heavy atom. The maximum absolute atomic E-state index is 9.71. The van der Waals surface area contributed by atoms with Gasteiger partial charge in [-0.05, 0) is 29.9 Å². The Kier molecular flexibility index (Phi) is 2.84. The highest BCUT2D eigenvalue weighted by Crippen LogP contribution is 2.34. The van der Waals surface area contributed by atoms with Crippen LogP contribution < -0.4 is 9.47 Å². The summed E-state index contributed by atoms with van der Waals surface area (Å²) in [5, 5.41) is 9.71. The van der Waals surface area contributed by atoms with E-state index in [1.807, 2.05) is 18.2 Å². The monoisotopic (exact) mass is 212 g/mol. The Balaban J connectivity index is 2.19. The lowest BCUT2D eigenvalue weighted by Gasteiger charge is -2.09. The van der Waals surface area contributed by atoms with E-state index in [1.54, 1.807) is 0 Å². The zero-order valence-corrected chi connectivity index (χ0v) is 8.54. The number of ether oxygens (including phenoxy) is 2.